The number of halogens is 3. The zero-order chi connectivity index (χ0) is 54.4. The molecule has 1 N–H and O–H groups in total. The van der Waals surface area contributed by atoms with E-state index < -0.39 is 19.1 Å². The summed E-state index contributed by atoms with van der Waals surface area (Å²) < 4.78 is 52.6. The lowest BCUT2D eigenvalue weighted by atomic mass is 9.95. The van der Waals surface area contributed by atoms with E-state index in [1.807, 2.05) is 42.5 Å². The maximum Gasteiger partial charge on any atom is 0.233 e. The van der Waals surface area contributed by atoms with E-state index in [2.05, 4.69) is 46.7 Å². The number of ketones is 2. The number of alkyl halides is 2. The second kappa shape index (κ2) is 34.3. The zero-order valence-corrected chi connectivity index (χ0v) is 44.5. The molecule has 2 saturated heterocycles. The van der Waals surface area contributed by atoms with Gasteiger partial charge in [0.05, 0.1) is 47.9 Å². The number of carbonyl (C=O) groups excluding carboxylic acids is 2. The third kappa shape index (κ3) is 23.0. The minimum absolute atomic E-state index is 0. The van der Waals surface area contributed by atoms with E-state index in [-0.39, 0.29) is 55.3 Å². The zero-order valence-electron chi connectivity index (χ0n) is 41.6. The molecule has 73 heavy (non-hydrogen) atoms. The van der Waals surface area contributed by atoms with Gasteiger partial charge in [-0.25, -0.2) is 26.5 Å². The van der Waals surface area contributed by atoms with Gasteiger partial charge in [0.15, 0.2) is 22.9 Å². The Morgan fingerprint density at radius 3 is 1.22 bits per heavy atom. The van der Waals surface area contributed by atoms with Crippen LogP contribution in [0.2, 0.25) is 0 Å². The van der Waals surface area contributed by atoms with Crippen LogP contribution in [0.25, 0.3) is 34.0 Å². The number of sulfonamides is 1. The molecule has 18 heteroatoms. The minimum atomic E-state index is -3.64. The second-order valence-corrected chi connectivity index (χ2v) is 20.9. The van der Waals surface area contributed by atoms with E-state index in [9.17, 15) is 26.4 Å². The average molecular weight is 1090 g/mol. The Balaban J connectivity index is 0.000000565. The average Bonchev–Trinajstić information content (AvgIpc) is 3.38. The fourth-order valence-corrected chi connectivity index (χ4v) is 9.50. The Hall–Kier alpha value is -6.21. The van der Waals surface area contributed by atoms with Gasteiger partial charge in [0, 0.05) is 72.3 Å². The molecule has 2 heterocycles. The summed E-state index contributed by atoms with van der Waals surface area (Å²) in [4.78, 5) is 34.9. The lowest BCUT2D eigenvalue weighted by Crippen LogP contribution is -2.42. The highest BCUT2D eigenvalue weighted by Gasteiger charge is 2.33. The smallest absolute Gasteiger partial charge is 0.233 e. The van der Waals surface area contributed by atoms with Crippen molar-refractivity contribution in [2.75, 3.05) is 69.1 Å². The van der Waals surface area contributed by atoms with Gasteiger partial charge in [-0.2, -0.15) is 14.8 Å². The molecule has 0 aromatic heterocycles. The Morgan fingerprint density at radius 2 is 0.959 bits per heavy atom. The Labute approximate surface area is 449 Å². The third-order valence-electron chi connectivity index (χ3n) is 10.4. The first-order chi connectivity index (χ1) is 34.9. The predicted octanol–water partition coefficient (Wildman–Crippen LogP) is 11.6. The first-order valence-corrected chi connectivity index (χ1v) is 27.6. The highest BCUT2D eigenvalue weighted by Crippen LogP contribution is 2.26. The van der Waals surface area contributed by atoms with E-state index in [1.54, 1.807) is 91.9 Å². The summed E-state index contributed by atoms with van der Waals surface area (Å²) in [5.41, 5.74) is 7.39. The highest BCUT2D eigenvalue weighted by atomic mass is 35.7. The number of hydrogen-bond donors (Lipinski definition) is 1. The van der Waals surface area contributed by atoms with Crippen molar-refractivity contribution < 1.29 is 27.8 Å². The number of benzene rings is 4. The van der Waals surface area contributed by atoms with Crippen LogP contribution < -0.4 is 5.32 Å². The van der Waals surface area contributed by atoms with Gasteiger partial charge in [-0.15, -0.1) is 23.2 Å². The number of carbonyl (C=O) groups is 2. The molecule has 6 rings (SSSR count). The number of nitrogens with zero attached hydrogens (tertiary/aromatic N) is 6. The van der Waals surface area contributed by atoms with Crippen molar-refractivity contribution in [1.29, 1.82) is 10.5 Å². The number of hydrogen-bond acceptors (Lipinski definition) is 10. The highest BCUT2D eigenvalue weighted by molar-refractivity contribution is 8.13. The number of nitriles is 2. The second-order valence-electron chi connectivity index (χ2n) is 15.1. The molecule has 0 aliphatic carbocycles. The molecule has 4 aromatic carbocycles. The molecule has 0 unspecified atom stereocenters. The van der Waals surface area contributed by atoms with Crippen LogP contribution in [-0.2, 0) is 28.7 Å². The van der Waals surface area contributed by atoms with Crippen LogP contribution in [0.15, 0.2) is 119 Å². The van der Waals surface area contributed by atoms with Crippen LogP contribution in [0.5, 0.6) is 0 Å². The van der Waals surface area contributed by atoms with Crippen molar-refractivity contribution in [3.63, 3.8) is 0 Å². The molecule has 0 saturated carbocycles. The fraction of sp³-hybridized carbons (Fsp3) is 0.309. The van der Waals surface area contributed by atoms with Crippen molar-refractivity contribution in [2.45, 2.75) is 42.0 Å². The molecule has 2 fully saturated rings. The van der Waals surface area contributed by atoms with E-state index in [4.69, 9.17) is 58.9 Å². The summed E-state index contributed by atoms with van der Waals surface area (Å²) in [6, 6.07) is 31.8. The van der Waals surface area contributed by atoms with Crippen molar-refractivity contribution >= 4 is 100 Å². The summed E-state index contributed by atoms with van der Waals surface area (Å²) >= 11 is 10.7. The number of piperidine rings is 2. The molecule has 0 atom stereocenters. The first-order valence-electron chi connectivity index (χ1n) is 23.2. The molecule has 0 radical (unpaired) electrons. The maximum absolute atomic E-state index is 13.1. The summed E-state index contributed by atoms with van der Waals surface area (Å²) in [5, 5.41) is 21.0. The largest absolute Gasteiger partial charge is 0.308 e. The van der Waals surface area contributed by atoms with Crippen LogP contribution in [0, 0.1) is 35.8 Å². The van der Waals surface area contributed by atoms with Gasteiger partial charge in [0.1, 0.15) is 0 Å². The number of rotatable bonds is 12. The van der Waals surface area contributed by atoms with E-state index in [1.165, 1.54) is 23.9 Å². The molecule has 0 spiro atoms. The molecule has 13 nitrogen and oxygen atoms in total. The maximum atomic E-state index is 13.1. The lowest BCUT2D eigenvalue weighted by molar-refractivity contribution is -0.113. The molecule has 2 aliphatic rings. The molecule has 386 valence electrons. The van der Waals surface area contributed by atoms with Crippen molar-refractivity contribution in [3.05, 3.63) is 176 Å². The van der Waals surface area contributed by atoms with E-state index in [0.29, 0.717) is 75.9 Å². The van der Waals surface area contributed by atoms with E-state index >= 15 is 0 Å². The quantitative estimate of drug-likeness (QED) is 0.0621. The molecule has 4 aromatic rings. The normalized spacial score (nSPS) is 15.7. The summed E-state index contributed by atoms with van der Waals surface area (Å²) in [6.45, 7) is 27.4. The Kier molecular flexibility index (Phi) is 29.5. The van der Waals surface area contributed by atoms with Gasteiger partial charge in [-0.1, -0.05) is 115 Å². The number of Topliss-reactive ketones (excluding diaryl/α,β-unsaturated/α-hetero) is 2. The van der Waals surface area contributed by atoms with Crippen LogP contribution in [0.1, 0.15) is 76.8 Å². The van der Waals surface area contributed by atoms with Crippen molar-refractivity contribution in [1.82, 2.24) is 14.5 Å². The fourth-order valence-electron chi connectivity index (χ4n) is 6.53. The standard InChI is InChI=1S/C23H18ClN3O3S.C21H15N3O.C6H15N.C2H4Cl2O2S.C2H6.CH4/c1-26-22-8-6-18(7-9-22)13-21-16-27(31(29,30)11-10-24)15-20(23(21)28)12-17-2-4-19(14-25)5-3-17;1-23-20-8-6-16(7-9-20)11-19-14-24-13-18(21(19)25)10-15-2-4-17(12-22)5-3-15;1-4-7(5-2)6-3;3-1-2-7(4,5)6;1-2;/h2-9,12-13H,10-11,15-16H2;2-11,24H,13-14H2;4-6H2,1-3H3;1-2H2;1-2H3;1H4/b20-12+,21-13+;18-10+,19-11+;;;;/i;;;;1D;. The van der Waals surface area contributed by atoms with Crippen LogP contribution in [-0.4, -0.2) is 107 Å². The SMILES string of the molecule is C.CCN(CC)CC.O=S(=O)(Cl)CCCl.[2H]CC.[C-]#[N+]c1ccc(/C=C2\CN(S(=O)(=O)CCCl)C/C(=C\c3ccc(C#N)cc3)C2=O)cc1.[C-]#[N+]c1ccc(/C=C2\CNC/C(=C\c3ccc(C#N)cc3)C2=O)cc1. The van der Waals surface area contributed by atoms with Gasteiger partial charge < -0.3 is 10.2 Å². The monoisotopic (exact) mass is 1090 g/mol. The lowest BCUT2D eigenvalue weighted by Gasteiger charge is -2.29. The van der Waals surface area contributed by atoms with E-state index in [0.717, 1.165) is 11.1 Å². The first kappa shape index (κ1) is 62.9. The topological polar surface area (TPSA) is 177 Å². The molecule has 0 amide bonds. The van der Waals surface area contributed by atoms with Gasteiger partial charge in [-0.3, -0.25) is 9.59 Å². The number of nitrogens with one attached hydrogen (secondary N) is 1. The Bertz CT molecular complexity index is 2810. The van der Waals surface area contributed by atoms with Gasteiger partial charge in [0.2, 0.25) is 19.1 Å². The summed E-state index contributed by atoms with van der Waals surface area (Å²) in [6.07, 6.45) is 6.99. The van der Waals surface area contributed by atoms with Gasteiger partial charge >= 0.3 is 0 Å². The van der Waals surface area contributed by atoms with Crippen LogP contribution in [0.3, 0.4) is 0 Å². The van der Waals surface area contributed by atoms with Crippen LogP contribution >= 0.6 is 33.9 Å². The molecular weight excluding hydrogens is 1030 g/mol. The minimum Gasteiger partial charge on any atom is -0.308 e. The Morgan fingerprint density at radius 1 is 0.644 bits per heavy atom. The van der Waals surface area contributed by atoms with Crippen molar-refractivity contribution in [3.8, 4) is 12.1 Å². The molecule has 0 bridgehead atoms. The van der Waals surface area contributed by atoms with Gasteiger partial charge in [-0.05, 0) is 90.5 Å². The third-order valence-corrected chi connectivity index (χ3v) is 14.1. The van der Waals surface area contributed by atoms with Crippen LogP contribution in [0.4, 0.5) is 11.4 Å². The summed E-state index contributed by atoms with van der Waals surface area (Å²) in [5.74, 6) is -0.575. The van der Waals surface area contributed by atoms with Gasteiger partial charge in [0.25, 0.3) is 0 Å². The van der Waals surface area contributed by atoms with Crippen molar-refractivity contribution in [2.24, 2.45) is 0 Å². The molecule has 2 aliphatic heterocycles. The molecular formula is C55H62Cl3N7O6S2. The predicted molar refractivity (Wildman–Crippen MR) is 300 cm³/mol. The summed E-state index contributed by atoms with van der Waals surface area (Å²) in [7, 11) is -2.26.